The fourth-order valence-electron chi connectivity index (χ4n) is 4.89. The van der Waals surface area contributed by atoms with E-state index in [0.29, 0.717) is 13.0 Å². The molecule has 4 heteroatoms. The number of Topliss-reactive ketones (excluding diaryl/α,β-unsaturated/α-hetero) is 1. The van der Waals surface area contributed by atoms with Crippen molar-refractivity contribution in [1.82, 2.24) is 4.90 Å². The Kier molecular flexibility index (Phi) is 5.16. The molecule has 0 N–H and O–H groups in total. The fraction of sp³-hybridized carbons (Fsp3) is 0.259. The van der Waals surface area contributed by atoms with Crippen LogP contribution in [0.2, 0.25) is 0 Å². The van der Waals surface area contributed by atoms with E-state index in [1.165, 1.54) is 5.56 Å². The standard InChI is InChI=1S/C27H26N2O2/c1-20(21-11-5-2-6-12-21)29-18-17-24(30)27(19-29)25(22-13-7-3-8-14-22)26(28-31-27)23-15-9-4-10-16-23/h2-16,20,25H,17-19H2,1H3/t20-,25-,27?/m1/s1. The fourth-order valence-corrected chi connectivity index (χ4v) is 4.89. The monoisotopic (exact) mass is 410 g/mol. The SMILES string of the molecule is C[C@H](c1ccccc1)N1CCC(=O)C2(C1)ON=C(c1ccccc1)[C@H]2c1ccccc1. The third kappa shape index (κ3) is 3.47. The highest BCUT2D eigenvalue weighted by molar-refractivity contribution is 6.11. The molecule has 0 aliphatic carbocycles. The molecule has 0 bridgehead atoms. The maximum absolute atomic E-state index is 13.5. The molecule has 0 amide bonds. The maximum Gasteiger partial charge on any atom is 0.220 e. The third-order valence-electron chi connectivity index (χ3n) is 6.61. The molecule has 0 saturated carbocycles. The van der Waals surface area contributed by atoms with Gasteiger partial charge in [-0.25, -0.2) is 0 Å². The van der Waals surface area contributed by atoms with Gasteiger partial charge in [0.15, 0.2) is 5.78 Å². The van der Waals surface area contributed by atoms with Gasteiger partial charge >= 0.3 is 0 Å². The van der Waals surface area contributed by atoms with Crippen molar-refractivity contribution >= 4 is 11.5 Å². The van der Waals surface area contributed by atoms with E-state index < -0.39 is 5.60 Å². The van der Waals surface area contributed by atoms with Gasteiger partial charge in [-0.3, -0.25) is 9.69 Å². The average Bonchev–Trinajstić information content (AvgIpc) is 3.22. The first-order valence-electron chi connectivity index (χ1n) is 10.9. The molecule has 2 aliphatic heterocycles. The topological polar surface area (TPSA) is 41.9 Å². The molecule has 3 atom stereocenters. The Morgan fingerprint density at radius 2 is 1.55 bits per heavy atom. The molecule has 5 rings (SSSR count). The number of carbonyl (C=O) groups excluding carboxylic acids is 1. The Balaban J connectivity index is 1.55. The van der Waals surface area contributed by atoms with Crippen LogP contribution in [0.5, 0.6) is 0 Å². The zero-order valence-corrected chi connectivity index (χ0v) is 17.6. The summed E-state index contributed by atoms with van der Waals surface area (Å²) in [6.45, 7) is 3.44. The second-order valence-electron chi connectivity index (χ2n) is 8.40. The highest BCUT2D eigenvalue weighted by Gasteiger charge is 2.58. The Morgan fingerprint density at radius 3 is 2.23 bits per heavy atom. The van der Waals surface area contributed by atoms with Gasteiger partial charge in [0.05, 0.1) is 11.6 Å². The summed E-state index contributed by atoms with van der Waals surface area (Å²) in [6.07, 6.45) is 0.456. The van der Waals surface area contributed by atoms with E-state index >= 15 is 0 Å². The number of rotatable bonds is 4. The normalized spacial score (nSPS) is 24.6. The Labute approximate surface area is 183 Å². The van der Waals surface area contributed by atoms with Crippen molar-refractivity contribution in [2.24, 2.45) is 5.16 Å². The lowest BCUT2D eigenvalue weighted by Gasteiger charge is -2.43. The molecule has 4 nitrogen and oxygen atoms in total. The van der Waals surface area contributed by atoms with Crippen molar-refractivity contribution in [3.63, 3.8) is 0 Å². The molecule has 0 radical (unpaired) electrons. The number of ketones is 1. The van der Waals surface area contributed by atoms with Gasteiger partial charge in [0.25, 0.3) is 0 Å². The molecule has 2 aliphatic rings. The molecule has 3 aromatic carbocycles. The number of piperidine rings is 1. The Hall–Kier alpha value is -3.24. The van der Waals surface area contributed by atoms with E-state index in [9.17, 15) is 4.79 Å². The molecule has 1 unspecified atom stereocenters. The summed E-state index contributed by atoms with van der Waals surface area (Å²) in [5.74, 6) is -0.109. The van der Waals surface area contributed by atoms with Gasteiger partial charge in [0, 0.05) is 31.1 Å². The highest BCUT2D eigenvalue weighted by atomic mass is 16.7. The zero-order chi connectivity index (χ0) is 21.3. The summed E-state index contributed by atoms with van der Waals surface area (Å²) in [4.78, 5) is 22.0. The molecule has 31 heavy (non-hydrogen) atoms. The molecular weight excluding hydrogens is 384 g/mol. The summed E-state index contributed by atoms with van der Waals surface area (Å²) in [6, 6.07) is 30.9. The lowest BCUT2D eigenvalue weighted by atomic mass is 9.72. The van der Waals surface area contributed by atoms with Crippen LogP contribution >= 0.6 is 0 Å². The van der Waals surface area contributed by atoms with Gasteiger partial charge in [-0.05, 0) is 18.1 Å². The minimum Gasteiger partial charge on any atom is -0.378 e. The molecule has 0 aromatic heterocycles. The Morgan fingerprint density at radius 1 is 0.935 bits per heavy atom. The summed E-state index contributed by atoms with van der Waals surface area (Å²) >= 11 is 0. The first kappa shape index (κ1) is 19.7. The average molecular weight is 411 g/mol. The van der Waals surface area contributed by atoms with Gasteiger partial charge in [-0.15, -0.1) is 0 Å². The number of oxime groups is 1. The summed E-state index contributed by atoms with van der Waals surface area (Å²) in [7, 11) is 0. The van der Waals surface area contributed by atoms with Gasteiger partial charge in [-0.2, -0.15) is 0 Å². The summed E-state index contributed by atoms with van der Waals surface area (Å²) < 4.78 is 0. The number of likely N-dealkylation sites (tertiary alicyclic amines) is 1. The molecular formula is C27H26N2O2. The largest absolute Gasteiger partial charge is 0.378 e. The first-order chi connectivity index (χ1) is 15.2. The molecule has 2 heterocycles. The van der Waals surface area contributed by atoms with E-state index in [0.717, 1.165) is 23.4 Å². The van der Waals surface area contributed by atoms with Crippen LogP contribution < -0.4 is 0 Å². The van der Waals surface area contributed by atoms with Crippen LogP contribution in [0.25, 0.3) is 0 Å². The third-order valence-corrected chi connectivity index (χ3v) is 6.61. The van der Waals surface area contributed by atoms with Gasteiger partial charge in [0.2, 0.25) is 5.60 Å². The first-order valence-corrected chi connectivity index (χ1v) is 10.9. The van der Waals surface area contributed by atoms with Crippen molar-refractivity contribution in [3.05, 3.63) is 108 Å². The van der Waals surface area contributed by atoms with Crippen LogP contribution in [-0.4, -0.2) is 35.1 Å². The van der Waals surface area contributed by atoms with E-state index in [2.05, 4.69) is 53.4 Å². The van der Waals surface area contributed by atoms with Crippen LogP contribution in [0.4, 0.5) is 0 Å². The highest BCUT2D eigenvalue weighted by Crippen LogP contribution is 2.45. The molecule has 1 spiro atoms. The van der Waals surface area contributed by atoms with Crippen molar-refractivity contribution in [1.29, 1.82) is 0 Å². The number of nitrogens with zero attached hydrogens (tertiary/aromatic N) is 2. The van der Waals surface area contributed by atoms with Crippen LogP contribution in [0, 0.1) is 0 Å². The number of carbonyl (C=O) groups is 1. The lowest BCUT2D eigenvalue weighted by Crippen LogP contribution is -2.58. The van der Waals surface area contributed by atoms with Crippen molar-refractivity contribution in [2.45, 2.75) is 30.9 Å². The van der Waals surface area contributed by atoms with E-state index in [1.807, 2.05) is 54.6 Å². The maximum atomic E-state index is 13.5. The number of hydrogen-bond donors (Lipinski definition) is 0. The van der Waals surface area contributed by atoms with Crippen molar-refractivity contribution < 1.29 is 9.63 Å². The van der Waals surface area contributed by atoms with Gasteiger partial charge in [-0.1, -0.05) is 96.2 Å². The summed E-state index contributed by atoms with van der Waals surface area (Å²) in [5.41, 5.74) is 3.12. The predicted molar refractivity (Wildman–Crippen MR) is 122 cm³/mol. The van der Waals surface area contributed by atoms with Gasteiger partial charge in [0.1, 0.15) is 0 Å². The molecule has 3 aromatic rings. The minimum absolute atomic E-state index is 0.132. The van der Waals surface area contributed by atoms with E-state index in [1.54, 1.807) is 0 Å². The molecule has 1 saturated heterocycles. The predicted octanol–water partition coefficient (Wildman–Crippen LogP) is 4.98. The molecule has 1 fully saturated rings. The quantitative estimate of drug-likeness (QED) is 0.609. The summed E-state index contributed by atoms with van der Waals surface area (Å²) in [5, 5.41) is 4.53. The molecule has 156 valence electrons. The minimum atomic E-state index is -1.01. The van der Waals surface area contributed by atoms with Crippen LogP contribution in [0.1, 0.15) is 42.0 Å². The zero-order valence-electron chi connectivity index (χ0n) is 17.6. The lowest BCUT2D eigenvalue weighted by molar-refractivity contribution is -0.153. The number of hydrogen-bond acceptors (Lipinski definition) is 4. The van der Waals surface area contributed by atoms with Gasteiger partial charge < -0.3 is 4.84 Å². The van der Waals surface area contributed by atoms with E-state index in [-0.39, 0.29) is 17.7 Å². The van der Waals surface area contributed by atoms with Crippen LogP contribution in [0.15, 0.2) is 96.2 Å². The van der Waals surface area contributed by atoms with Crippen molar-refractivity contribution in [2.75, 3.05) is 13.1 Å². The van der Waals surface area contributed by atoms with Crippen LogP contribution in [0.3, 0.4) is 0 Å². The van der Waals surface area contributed by atoms with Crippen LogP contribution in [-0.2, 0) is 9.63 Å². The smallest absolute Gasteiger partial charge is 0.220 e. The second-order valence-corrected chi connectivity index (χ2v) is 8.40. The second kappa shape index (κ2) is 8.12. The number of benzene rings is 3. The van der Waals surface area contributed by atoms with E-state index in [4.69, 9.17) is 4.84 Å². The van der Waals surface area contributed by atoms with Crippen molar-refractivity contribution in [3.8, 4) is 0 Å². The Bertz CT molecular complexity index is 1080.